The van der Waals surface area contributed by atoms with Gasteiger partial charge in [-0.15, -0.1) is 0 Å². The van der Waals surface area contributed by atoms with Crippen LogP contribution in [0.25, 0.3) is 0 Å². The summed E-state index contributed by atoms with van der Waals surface area (Å²) >= 11 is 0. The van der Waals surface area contributed by atoms with Crippen LogP contribution in [0, 0.1) is 5.92 Å². The number of benzene rings is 1. The summed E-state index contributed by atoms with van der Waals surface area (Å²) < 4.78 is 0. The van der Waals surface area contributed by atoms with Gasteiger partial charge in [-0.05, 0) is 55.2 Å². The third kappa shape index (κ3) is 3.58. The van der Waals surface area contributed by atoms with Gasteiger partial charge in [-0.3, -0.25) is 0 Å². The van der Waals surface area contributed by atoms with Crippen molar-refractivity contribution in [1.82, 2.24) is 5.32 Å². The molecule has 0 spiro atoms. The van der Waals surface area contributed by atoms with E-state index in [0.717, 1.165) is 12.0 Å². The average molecular weight is 245 g/mol. The molecule has 0 amide bonds. The fraction of sp³-hybridized carbons (Fsp3) is 0.647. The predicted molar refractivity (Wildman–Crippen MR) is 79.0 cm³/mol. The second-order valence-corrected chi connectivity index (χ2v) is 6.72. The molecule has 0 heterocycles. The molecule has 1 saturated carbocycles. The molecule has 1 atom stereocenters. The molecule has 1 aromatic carbocycles. The lowest BCUT2D eigenvalue weighted by Gasteiger charge is -2.19. The van der Waals surface area contributed by atoms with E-state index in [0.29, 0.717) is 0 Å². The van der Waals surface area contributed by atoms with Crippen LogP contribution >= 0.6 is 0 Å². The third-order valence-corrected chi connectivity index (χ3v) is 4.13. The van der Waals surface area contributed by atoms with Gasteiger partial charge in [0.25, 0.3) is 0 Å². The minimum Gasteiger partial charge on any atom is -0.317 e. The molecule has 1 aliphatic rings. The summed E-state index contributed by atoms with van der Waals surface area (Å²) in [6, 6.07) is 9.93. The maximum atomic E-state index is 3.47. The largest absolute Gasteiger partial charge is 0.317 e. The minimum absolute atomic E-state index is 0.264. The minimum atomic E-state index is 0.264. The molecular weight excluding hydrogens is 218 g/mol. The lowest BCUT2D eigenvalue weighted by molar-refractivity contribution is 0.470. The van der Waals surface area contributed by atoms with Crippen LogP contribution in [0.3, 0.4) is 0 Å². The quantitative estimate of drug-likeness (QED) is 0.829. The van der Waals surface area contributed by atoms with Gasteiger partial charge in [0.05, 0.1) is 0 Å². The fourth-order valence-corrected chi connectivity index (χ4v) is 2.61. The van der Waals surface area contributed by atoms with E-state index in [-0.39, 0.29) is 5.41 Å². The molecule has 1 aromatic rings. The molecular formula is C17H27N. The first-order chi connectivity index (χ1) is 8.50. The zero-order valence-corrected chi connectivity index (χ0v) is 12.3. The maximum Gasteiger partial charge on any atom is 0.00954 e. The van der Waals surface area contributed by atoms with Crippen molar-refractivity contribution >= 4 is 0 Å². The van der Waals surface area contributed by atoms with Crippen molar-refractivity contribution in [3.05, 3.63) is 35.4 Å². The van der Waals surface area contributed by atoms with Crippen molar-refractivity contribution in [2.45, 2.75) is 57.9 Å². The Bertz CT molecular complexity index is 368. The Morgan fingerprint density at radius 1 is 1.17 bits per heavy atom. The predicted octanol–water partition coefficient (Wildman–Crippen LogP) is 3.91. The van der Waals surface area contributed by atoms with Gasteiger partial charge in [0.1, 0.15) is 0 Å². The Morgan fingerprint density at radius 3 is 2.22 bits per heavy atom. The summed E-state index contributed by atoms with van der Waals surface area (Å²) in [4.78, 5) is 0. The van der Waals surface area contributed by atoms with Crippen LogP contribution in [0.2, 0.25) is 0 Å². The van der Waals surface area contributed by atoms with E-state index in [2.05, 4.69) is 57.4 Å². The van der Waals surface area contributed by atoms with Crippen LogP contribution < -0.4 is 5.32 Å². The zero-order valence-electron chi connectivity index (χ0n) is 12.3. The molecule has 0 aromatic heterocycles. The smallest absolute Gasteiger partial charge is 0.00954 e. The van der Waals surface area contributed by atoms with E-state index < -0.39 is 0 Å². The summed E-state index contributed by atoms with van der Waals surface area (Å²) in [6.07, 6.45) is 5.32. The van der Waals surface area contributed by atoms with Gasteiger partial charge in [0.2, 0.25) is 0 Å². The van der Waals surface area contributed by atoms with Crippen molar-refractivity contribution in [2.75, 3.05) is 7.05 Å². The molecule has 1 heteroatoms. The molecule has 0 bridgehead atoms. The highest BCUT2D eigenvalue weighted by molar-refractivity contribution is 5.27. The molecule has 2 rings (SSSR count). The molecule has 0 radical (unpaired) electrons. The van der Waals surface area contributed by atoms with Crippen LogP contribution in [0.4, 0.5) is 0 Å². The molecule has 1 nitrogen and oxygen atoms in total. The van der Waals surface area contributed by atoms with Gasteiger partial charge in [0, 0.05) is 6.04 Å². The topological polar surface area (TPSA) is 12.0 Å². The van der Waals surface area contributed by atoms with Gasteiger partial charge in [-0.2, -0.15) is 0 Å². The summed E-state index contributed by atoms with van der Waals surface area (Å²) in [5.74, 6) is 0.948. The Balaban J connectivity index is 1.90. The highest BCUT2D eigenvalue weighted by atomic mass is 14.9. The van der Waals surface area contributed by atoms with Crippen molar-refractivity contribution in [3.8, 4) is 0 Å². The lowest BCUT2D eigenvalue weighted by Crippen LogP contribution is -2.27. The Labute approximate surface area is 112 Å². The van der Waals surface area contributed by atoms with Gasteiger partial charge >= 0.3 is 0 Å². The fourth-order valence-electron chi connectivity index (χ4n) is 2.61. The van der Waals surface area contributed by atoms with Crippen LogP contribution in [-0.4, -0.2) is 13.1 Å². The van der Waals surface area contributed by atoms with Crippen molar-refractivity contribution in [2.24, 2.45) is 5.92 Å². The Morgan fingerprint density at radius 2 is 1.78 bits per heavy atom. The molecule has 1 aliphatic carbocycles. The summed E-state index contributed by atoms with van der Waals surface area (Å²) in [5, 5.41) is 3.47. The number of aryl methyl sites for hydroxylation is 1. The Kier molecular flexibility index (Phi) is 4.11. The van der Waals surface area contributed by atoms with E-state index in [1.807, 2.05) is 0 Å². The van der Waals surface area contributed by atoms with Crippen molar-refractivity contribution in [3.63, 3.8) is 0 Å². The lowest BCUT2D eigenvalue weighted by atomic mass is 9.86. The molecule has 18 heavy (non-hydrogen) atoms. The van der Waals surface area contributed by atoms with E-state index in [1.54, 1.807) is 0 Å². The average Bonchev–Trinajstić information content (AvgIpc) is 3.14. The molecule has 0 aliphatic heterocycles. The van der Waals surface area contributed by atoms with E-state index in [1.165, 1.54) is 36.8 Å². The molecule has 1 N–H and O–H groups in total. The van der Waals surface area contributed by atoms with Crippen molar-refractivity contribution in [1.29, 1.82) is 0 Å². The second kappa shape index (κ2) is 5.44. The SMILES string of the molecule is CNC(CCc1ccc(C(C)(C)C)cc1)C1CC1. The summed E-state index contributed by atoms with van der Waals surface area (Å²) in [5.41, 5.74) is 3.17. The van der Waals surface area contributed by atoms with E-state index in [9.17, 15) is 0 Å². The van der Waals surface area contributed by atoms with Gasteiger partial charge in [-0.25, -0.2) is 0 Å². The number of rotatable bonds is 5. The molecule has 1 fully saturated rings. The number of nitrogens with one attached hydrogen (secondary N) is 1. The zero-order chi connectivity index (χ0) is 13.2. The maximum absolute atomic E-state index is 3.47. The van der Waals surface area contributed by atoms with Gasteiger partial charge in [-0.1, -0.05) is 45.0 Å². The van der Waals surface area contributed by atoms with E-state index >= 15 is 0 Å². The third-order valence-electron chi connectivity index (χ3n) is 4.13. The first-order valence-electron chi connectivity index (χ1n) is 7.27. The molecule has 0 saturated heterocycles. The highest BCUT2D eigenvalue weighted by Gasteiger charge is 2.29. The van der Waals surface area contributed by atoms with E-state index in [4.69, 9.17) is 0 Å². The van der Waals surface area contributed by atoms with Crippen LogP contribution in [0.15, 0.2) is 24.3 Å². The van der Waals surface area contributed by atoms with Gasteiger partial charge in [0.15, 0.2) is 0 Å². The normalized spacial score (nSPS) is 17.8. The highest BCUT2D eigenvalue weighted by Crippen LogP contribution is 2.34. The number of hydrogen-bond donors (Lipinski definition) is 1. The summed E-state index contributed by atoms with van der Waals surface area (Å²) in [7, 11) is 2.10. The molecule has 1 unspecified atom stereocenters. The Hall–Kier alpha value is -0.820. The first kappa shape index (κ1) is 13.6. The summed E-state index contributed by atoms with van der Waals surface area (Å²) in [6.45, 7) is 6.81. The van der Waals surface area contributed by atoms with Crippen LogP contribution in [0.5, 0.6) is 0 Å². The molecule has 100 valence electrons. The second-order valence-electron chi connectivity index (χ2n) is 6.72. The van der Waals surface area contributed by atoms with Gasteiger partial charge < -0.3 is 5.32 Å². The van der Waals surface area contributed by atoms with Crippen molar-refractivity contribution < 1.29 is 0 Å². The van der Waals surface area contributed by atoms with Crippen LogP contribution in [0.1, 0.15) is 51.2 Å². The van der Waals surface area contributed by atoms with Crippen LogP contribution in [-0.2, 0) is 11.8 Å². The number of hydrogen-bond acceptors (Lipinski definition) is 1. The standard InChI is InChI=1S/C17H27N/c1-17(2,3)15-10-5-13(6-11-15)7-12-16(18-4)14-8-9-14/h5-6,10-11,14,16,18H,7-9,12H2,1-4H3. The monoisotopic (exact) mass is 245 g/mol. The first-order valence-corrected chi connectivity index (χ1v) is 7.27.